The normalized spacial score (nSPS) is 14.3. The van der Waals surface area contributed by atoms with Gasteiger partial charge in [-0.25, -0.2) is 0 Å². The highest BCUT2D eigenvalue weighted by atomic mass is 16.5. The van der Waals surface area contributed by atoms with E-state index in [9.17, 15) is 9.59 Å². The van der Waals surface area contributed by atoms with Crippen LogP contribution in [-0.2, 0) is 27.3 Å². The first kappa shape index (κ1) is 30.1. The number of hydrogen-bond acceptors (Lipinski definition) is 6. The zero-order valence-electron chi connectivity index (χ0n) is 23.6. The molecule has 0 aromatic heterocycles. The average Bonchev–Trinajstić information content (AvgIpc) is 2.94. The number of rotatable bonds is 13. The van der Waals surface area contributed by atoms with Crippen LogP contribution in [0.2, 0.25) is 0 Å². The van der Waals surface area contributed by atoms with Crippen molar-refractivity contribution in [1.29, 1.82) is 0 Å². The Balaban J connectivity index is 1.65. The lowest BCUT2D eigenvalue weighted by molar-refractivity contribution is -0.130. The summed E-state index contributed by atoms with van der Waals surface area (Å²) in [7, 11) is 1.68. The van der Waals surface area contributed by atoms with Crippen molar-refractivity contribution in [3.05, 3.63) is 53.6 Å². The van der Waals surface area contributed by atoms with Gasteiger partial charge in [0.1, 0.15) is 5.75 Å². The summed E-state index contributed by atoms with van der Waals surface area (Å²) < 4.78 is 11.3. The number of nitrogens with two attached hydrogens (primary N) is 1. The molecule has 0 bridgehead atoms. The number of hydrogen-bond donors (Lipinski definition) is 2. The van der Waals surface area contributed by atoms with Gasteiger partial charge in [-0.1, -0.05) is 43.3 Å². The summed E-state index contributed by atoms with van der Waals surface area (Å²) in [5.41, 5.74) is 10.1. The molecule has 2 amide bonds. The van der Waals surface area contributed by atoms with E-state index in [1.165, 1.54) is 5.56 Å². The molecule has 0 atom stereocenters. The molecular weight excluding hydrogens is 494 g/mol. The van der Waals surface area contributed by atoms with Crippen LogP contribution in [0.25, 0.3) is 11.1 Å². The van der Waals surface area contributed by atoms with E-state index in [2.05, 4.69) is 45.5 Å². The van der Waals surface area contributed by atoms with Gasteiger partial charge in [0, 0.05) is 78.3 Å². The third-order valence-corrected chi connectivity index (χ3v) is 6.70. The number of benzene rings is 2. The monoisotopic (exact) mass is 537 g/mol. The SMILES string of the molecule is CCCN=C(N)NC(=O)CCc1ccc(-c2ccc(CN3CCN(C(C)=O)CC3)cc2)c(OCCCOC)c1. The molecule has 1 aliphatic heterocycles. The molecule has 2 aromatic carbocycles. The van der Waals surface area contributed by atoms with Crippen LogP contribution in [0, 0.1) is 0 Å². The summed E-state index contributed by atoms with van der Waals surface area (Å²) >= 11 is 0. The van der Waals surface area contributed by atoms with Crippen molar-refractivity contribution in [1.82, 2.24) is 15.1 Å². The second kappa shape index (κ2) is 15.9. The minimum Gasteiger partial charge on any atom is -0.493 e. The van der Waals surface area contributed by atoms with Gasteiger partial charge in [-0.2, -0.15) is 0 Å². The first-order valence-corrected chi connectivity index (χ1v) is 13.8. The van der Waals surface area contributed by atoms with Crippen molar-refractivity contribution in [3.63, 3.8) is 0 Å². The van der Waals surface area contributed by atoms with Crippen molar-refractivity contribution < 1.29 is 19.1 Å². The standard InChI is InChI=1S/C30H43N5O4/c1-4-14-32-30(31)33-29(37)13-9-24-8-12-27(28(21-24)39-20-5-19-38-3)26-10-6-25(7-11-26)22-34-15-17-35(18-16-34)23(2)36/h6-8,10-12,21H,4-5,9,13-20,22H2,1-3H3,(H3,31,32,33,37). The van der Waals surface area contributed by atoms with Gasteiger partial charge < -0.3 is 20.1 Å². The molecule has 1 aliphatic rings. The van der Waals surface area contributed by atoms with Gasteiger partial charge in [0.05, 0.1) is 6.61 Å². The second-order valence-electron chi connectivity index (χ2n) is 9.82. The zero-order valence-corrected chi connectivity index (χ0v) is 23.6. The lowest BCUT2D eigenvalue weighted by atomic mass is 9.99. The maximum Gasteiger partial charge on any atom is 0.226 e. The van der Waals surface area contributed by atoms with Crippen LogP contribution in [-0.4, -0.2) is 80.6 Å². The molecule has 1 heterocycles. The molecule has 2 aromatic rings. The van der Waals surface area contributed by atoms with Gasteiger partial charge >= 0.3 is 0 Å². The predicted octanol–water partition coefficient (Wildman–Crippen LogP) is 3.21. The van der Waals surface area contributed by atoms with Crippen molar-refractivity contribution in [2.45, 2.75) is 46.1 Å². The molecule has 212 valence electrons. The fourth-order valence-electron chi connectivity index (χ4n) is 4.47. The number of piperazine rings is 1. The molecule has 0 unspecified atom stereocenters. The summed E-state index contributed by atoms with van der Waals surface area (Å²) in [6, 6.07) is 14.7. The van der Waals surface area contributed by atoms with E-state index in [4.69, 9.17) is 15.2 Å². The molecule has 9 heteroatoms. The van der Waals surface area contributed by atoms with Gasteiger partial charge in [-0.15, -0.1) is 0 Å². The molecule has 0 saturated carbocycles. The third kappa shape index (κ3) is 10.00. The molecule has 0 radical (unpaired) electrons. The van der Waals surface area contributed by atoms with E-state index in [0.29, 0.717) is 32.6 Å². The maximum absolute atomic E-state index is 12.3. The molecule has 0 aliphatic carbocycles. The minimum atomic E-state index is -0.155. The highest BCUT2D eigenvalue weighted by Gasteiger charge is 2.18. The number of aliphatic imine (C=N–C) groups is 1. The lowest BCUT2D eigenvalue weighted by Gasteiger charge is -2.34. The number of ether oxygens (including phenoxy) is 2. The maximum atomic E-state index is 12.3. The Labute approximate surface area is 232 Å². The Kier molecular flexibility index (Phi) is 12.2. The summed E-state index contributed by atoms with van der Waals surface area (Å²) in [6.07, 6.45) is 2.53. The van der Waals surface area contributed by atoms with Crippen LogP contribution in [0.3, 0.4) is 0 Å². The first-order chi connectivity index (χ1) is 18.9. The molecule has 3 rings (SSSR count). The Morgan fingerprint density at radius 3 is 2.41 bits per heavy atom. The van der Waals surface area contributed by atoms with E-state index < -0.39 is 0 Å². The number of methoxy groups -OCH3 is 1. The largest absolute Gasteiger partial charge is 0.493 e. The van der Waals surface area contributed by atoms with Gasteiger partial charge in [0.25, 0.3) is 0 Å². The lowest BCUT2D eigenvalue weighted by Crippen LogP contribution is -2.47. The Morgan fingerprint density at radius 1 is 1.03 bits per heavy atom. The van der Waals surface area contributed by atoms with Crippen LogP contribution in [0.4, 0.5) is 0 Å². The Morgan fingerprint density at radius 2 is 1.74 bits per heavy atom. The number of nitrogens with zero attached hydrogens (tertiary/aromatic N) is 3. The van der Waals surface area contributed by atoms with E-state index >= 15 is 0 Å². The fraction of sp³-hybridized carbons (Fsp3) is 0.500. The topological polar surface area (TPSA) is 109 Å². The number of guanidine groups is 1. The Hall–Kier alpha value is -3.43. The molecule has 1 saturated heterocycles. The molecule has 39 heavy (non-hydrogen) atoms. The Bertz CT molecular complexity index is 1100. The summed E-state index contributed by atoms with van der Waals surface area (Å²) in [4.78, 5) is 32.3. The van der Waals surface area contributed by atoms with Crippen molar-refractivity contribution in [3.8, 4) is 16.9 Å². The zero-order chi connectivity index (χ0) is 28.0. The van der Waals surface area contributed by atoms with Crippen LogP contribution in [0.5, 0.6) is 5.75 Å². The third-order valence-electron chi connectivity index (χ3n) is 6.70. The summed E-state index contributed by atoms with van der Waals surface area (Å²) in [5, 5.41) is 2.65. The molecule has 1 fully saturated rings. The van der Waals surface area contributed by atoms with Gasteiger partial charge in [-0.05, 0) is 35.6 Å². The summed E-state index contributed by atoms with van der Waals surface area (Å²) in [6.45, 7) is 9.61. The van der Waals surface area contributed by atoms with Crippen LogP contribution < -0.4 is 15.8 Å². The van der Waals surface area contributed by atoms with E-state index in [1.807, 2.05) is 24.0 Å². The molecule has 0 spiro atoms. The van der Waals surface area contributed by atoms with Gasteiger partial charge in [0.2, 0.25) is 11.8 Å². The van der Waals surface area contributed by atoms with Gasteiger partial charge in [0.15, 0.2) is 5.96 Å². The van der Waals surface area contributed by atoms with E-state index in [1.54, 1.807) is 14.0 Å². The smallest absolute Gasteiger partial charge is 0.226 e. The number of nitrogens with one attached hydrogen (secondary N) is 1. The average molecular weight is 538 g/mol. The number of amides is 2. The minimum absolute atomic E-state index is 0.148. The highest BCUT2D eigenvalue weighted by molar-refractivity contribution is 5.96. The second-order valence-corrected chi connectivity index (χ2v) is 9.82. The molecule has 3 N–H and O–H groups in total. The first-order valence-electron chi connectivity index (χ1n) is 13.8. The molecular formula is C30H43N5O4. The number of carbonyl (C=O) groups is 2. The summed E-state index contributed by atoms with van der Waals surface area (Å²) in [5.74, 6) is 0.953. The van der Waals surface area contributed by atoms with Crippen molar-refractivity contribution in [2.24, 2.45) is 10.7 Å². The van der Waals surface area contributed by atoms with E-state index in [0.717, 1.165) is 68.0 Å². The number of aryl methyl sites for hydroxylation is 1. The van der Waals surface area contributed by atoms with Crippen LogP contribution in [0.15, 0.2) is 47.5 Å². The fourth-order valence-corrected chi connectivity index (χ4v) is 4.47. The van der Waals surface area contributed by atoms with Crippen LogP contribution in [0.1, 0.15) is 44.2 Å². The van der Waals surface area contributed by atoms with Crippen LogP contribution >= 0.6 is 0 Å². The predicted molar refractivity (Wildman–Crippen MR) is 155 cm³/mol. The number of carbonyl (C=O) groups excluding carboxylic acids is 2. The van der Waals surface area contributed by atoms with Gasteiger partial charge in [-0.3, -0.25) is 24.8 Å². The van der Waals surface area contributed by atoms with E-state index in [-0.39, 0.29) is 17.8 Å². The molecule has 9 nitrogen and oxygen atoms in total. The highest BCUT2D eigenvalue weighted by Crippen LogP contribution is 2.32. The van der Waals surface area contributed by atoms with Crippen molar-refractivity contribution in [2.75, 3.05) is 53.0 Å². The quantitative estimate of drug-likeness (QED) is 0.231. The van der Waals surface area contributed by atoms with Crippen molar-refractivity contribution >= 4 is 17.8 Å².